The van der Waals surface area contributed by atoms with Gasteiger partial charge in [-0.3, -0.25) is 4.79 Å². The van der Waals surface area contributed by atoms with E-state index in [1.807, 2.05) is 12.3 Å². The lowest BCUT2D eigenvalue weighted by Crippen LogP contribution is -2.25. The molecule has 1 atom stereocenters. The van der Waals surface area contributed by atoms with Gasteiger partial charge in [0.1, 0.15) is 11.4 Å². The van der Waals surface area contributed by atoms with Gasteiger partial charge in [0.2, 0.25) is 0 Å². The van der Waals surface area contributed by atoms with Gasteiger partial charge in [-0.15, -0.1) is 0 Å². The summed E-state index contributed by atoms with van der Waals surface area (Å²) in [6.45, 7) is 1.12. The number of halogens is 1. The number of anilines is 1. The van der Waals surface area contributed by atoms with Crippen LogP contribution >= 0.6 is 11.6 Å². The van der Waals surface area contributed by atoms with E-state index in [0.29, 0.717) is 28.0 Å². The van der Waals surface area contributed by atoms with Crippen LogP contribution in [0.2, 0.25) is 5.02 Å². The molecular weight excluding hydrogens is 366 g/mol. The lowest BCUT2D eigenvalue weighted by Gasteiger charge is -2.20. The second-order valence-electron chi connectivity index (χ2n) is 7.17. The minimum absolute atomic E-state index is 0.298. The minimum atomic E-state index is -1.34. The first-order chi connectivity index (χ1) is 12.9. The molecule has 2 heterocycles. The Labute approximate surface area is 161 Å². The standard InChI is InChI=1S/C20H20ClN3O3/c1-20(27,11-25)13-4-2-12(3-5-13)19(26)23-18-8-17-15(9-22-18)16(21)10-24(17)14-6-7-14/h2-5,8-10,14,25,27H,6-7,11H2,1H3,(H,22,23,26)/t20-/m0/s1. The zero-order chi connectivity index (χ0) is 19.2. The van der Waals surface area contributed by atoms with Gasteiger partial charge >= 0.3 is 0 Å². The summed E-state index contributed by atoms with van der Waals surface area (Å²) >= 11 is 6.28. The van der Waals surface area contributed by atoms with Crippen LogP contribution < -0.4 is 5.32 Å². The Morgan fingerprint density at radius 3 is 2.70 bits per heavy atom. The smallest absolute Gasteiger partial charge is 0.256 e. The number of nitrogens with one attached hydrogen (secondary N) is 1. The minimum Gasteiger partial charge on any atom is -0.393 e. The number of hydrogen-bond donors (Lipinski definition) is 3. The van der Waals surface area contributed by atoms with Gasteiger partial charge in [-0.25, -0.2) is 4.98 Å². The summed E-state index contributed by atoms with van der Waals surface area (Å²) < 4.78 is 2.14. The lowest BCUT2D eigenvalue weighted by atomic mass is 9.96. The third kappa shape index (κ3) is 3.43. The Balaban J connectivity index is 1.56. The molecule has 7 heteroatoms. The van der Waals surface area contributed by atoms with Gasteiger partial charge in [0, 0.05) is 35.5 Å². The molecule has 0 aliphatic heterocycles. The first-order valence-electron chi connectivity index (χ1n) is 8.80. The average molecular weight is 386 g/mol. The van der Waals surface area contributed by atoms with Crippen molar-refractivity contribution in [1.29, 1.82) is 0 Å². The molecular formula is C20H20ClN3O3. The summed E-state index contributed by atoms with van der Waals surface area (Å²) in [6, 6.07) is 8.77. The van der Waals surface area contributed by atoms with Gasteiger partial charge in [-0.1, -0.05) is 23.7 Å². The number of nitrogens with zero attached hydrogens (tertiary/aromatic N) is 2. The molecule has 1 aliphatic rings. The molecule has 1 fully saturated rings. The normalized spacial score (nSPS) is 16.3. The van der Waals surface area contributed by atoms with Crippen molar-refractivity contribution in [3.8, 4) is 0 Å². The van der Waals surface area contributed by atoms with Crippen LogP contribution in [0.15, 0.2) is 42.7 Å². The van der Waals surface area contributed by atoms with Gasteiger partial charge < -0.3 is 20.1 Å². The monoisotopic (exact) mass is 385 g/mol. The molecule has 6 nitrogen and oxygen atoms in total. The summed E-state index contributed by atoms with van der Waals surface area (Å²) in [5, 5.41) is 23.6. The zero-order valence-corrected chi connectivity index (χ0v) is 15.6. The van der Waals surface area contributed by atoms with Crippen molar-refractivity contribution in [3.05, 3.63) is 58.9 Å². The van der Waals surface area contributed by atoms with Crippen molar-refractivity contribution in [2.24, 2.45) is 0 Å². The number of amides is 1. The summed E-state index contributed by atoms with van der Waals surface area (Å²) in [5.41, 5.74) is 0.597. The van der Waals surface area contributed by atoms with Crippen LogP contribution in [0.25, 0.3) is 10.9 Å². The zero-order valence-electron chi connectivity index (χ0n) is 14.8. The fourth-order valence-corrected chi connectivity index (χ4v) is 3.34. The molecule has 1 aliphatic carbocycles. The maximum atomic E-state index is 12.5. The predicted octanol–water partition coefficient (Wildman–Crippen LogP) is 3.48. The van der Waals surface area contributed by atoms with E-state index >= 15 is 0 Å². The Kier molecular flexibility index (Phi) is 4.42. The topological polar surface area (TPSA) is 87.4 Å². The summed E-state index contributed by atoms with van der Waals surface area (Å²) in [6.07, 6.45) is 5.86. The van der Waals surface area contributed by atoms with Crippen molar-refractivity contribution in [1.82, 2.24) is 9.55 Å². The molecule has 3 aromatic rings. The van der Waals surface area contributed by atoms with Gasteiger partial charge in [0.25, 0.3) is 5.91 Å². The molecule has 2 aromatic heterocycles. The van der Waals surface area contributed by atoms with E-state index in [1.165, 1.54) is 6.92 Å². The molecule has 1 amide bonds. The second-order valence-corrected chi connectivity index (χ2v) is 7.57. The summed E-state index contributed by atoms with van der Waals surface area (Å²) in [5.74, 6) is 0.156. The van der Waals surface area contributed by atoms with Crippen molar-refractivity contribution >= 4 is 34.2 Å². The first kappa shape index (κ1) is 18.0. The molecule has 1 aromatic carbocycles. The lowest BCUT2D eigenvalue weighted by molar-refractivity contribution is -0.00229. The van der Waals surface area contributed by atoms with Gasteiger partial charge in [0.15, 0.2) is 0 Å². The van der Waals surface area contributed by atoms with Crippen molar-refractivity contribution in [2.45, 2.75) is 31.4 Å². The van der Waals surface area contributed by atoms with E-state index in [-0.39, 0.29) is 5.91 Å². The van der Waals surface area contributed by atoms with Crippen LogP contribution in [0, 0.1) is 0 Å². The highest BCUT2D eigenvalue weighted by Crippen LogP contribution is 2.40. The quantitative estimate of drug-likeness (QED) is 0.627. The molecule has 4 rings (SSSR count). The average Bonchev–Trinajstić information content (AvgIpc) is 3.46. The van der Waals surface area contributed by atoms with Crippen LogP contribution in [-0.4, -0.2) is 32.3 Å². The maximum Gasteiger partial charge on any atom is 0.256 e. The van der Waals surface area contributed by atoms with E-state index in [1.54, 1.807) is 30.5 Å². The summed E-state index contributed by atoms with van der Waals surface area (Å²) in [4.78, 5) is 16.8. The van der Waals surface area contributed by atoms with E-state index < -0.39 is 12.2 Å². The van der Waals surface area contributed by atoms with Crippen molar-refractivity contribution in [2.75, 3.05) is 11.9 Å². The van der Waals surface area contributed by atoms with Gasteiger partial charge in [0.05, 0.1) is 17.1 Å². The first-order valence-corrected chi connectivity index (χ1v) is 9.18. The van der Waals surface area contributed by atoms with Gasteiger partial charge in [-0.05, 0) is 37.5 Å². The molecule has 3 N–H and O–H groups in total. The van der Waals surface area contributed by atoms with Gasteiger partial charge in [-0.2, -0.15) is 0 Å². The van der Waals surface area contributed by atoms with Crippen molar-refractivity contribution in [3.63, 3.8) is 0 Å². The van der Waals surface area contributed by atoms with E-state index in [2.05, 4.69) is 14.9 Å². The Hall–Kier alpha value is -2.41. The van der Waals surface area contributed by atoms with Crippen LogP contribution in [0.4, 0.5) is 5.82 Å². The third-order valence-electron chi connectivity index (χ3n) is 4.93. The highest BCUT2D eigenvalue weighted by atomic mass is 35.5. The molecule has 0 saturated heterocycles. The van der Waals surface area contributed by atoms with Crippen LogP contribution in [0.5, 0.6) is 0 Å². The Morgan fingerprint density at radius 1 is 1.37 bits per heavy atom. The predicted molar refractivity (Wildman–Crippen MR) is 104 cm³/mol. The highest BCUT2D eigenvalue weighted by molar-refractivity contribution is 6.35. The van der Waals surface area contributed by atoms with Crippen LogP contribution in [0.3, 0.4) is 0 Å². The van der Waals surface area contributed by atoms with Crippen LogP contribution in [0.1, 0.15) is 41.7 Å². The number of carbonyl (C=O) groups excluding carboxylic acids is 1. The SMILES string of the molecule is C[C@](O)(CO)c1ccc(C(=O)Nc2cc3c(cn2)c(Cl)cn3C2CC2)cc1. The van der Waals surface area contributed by atoms with E-state index in [0.717, 1.165) is 23.7 Å². The fraction of sp³-hybridized carbons (Fsp3) is 0.300. The molecule has 27 heavy (non-hydrogen) atoms. The van der Waals surface area contributed by atoms with E-state index in [4.69, 9.17) is 11.6 Å². The Bertz CT molecular complexity index is 1010. The largest absolute Gasteiger partial charge is 0.393 e. The number of pyridine rings is 1. The number of hydrogen-bond acceptors (Lipinski definition) is 4. The third-order valence-corrected chi connectivity index (χ3v) is 5.23. The fourth-order valence-electron chi connectivity index (χ4n) is 3.09. The molecule has 1 saturated carbocycles. The number of aliphatic hydroxyl groups excluding tert-OH is 1. The Morgan fingerprint density at radius 2 is 2.07 bits per heavy atom. The number of benzene rings is 1. The van der Waals surface area contributed by atoms with E-state index in [9.17, 15) is 15.0 Å². The molecule has 140 valence electrons. The number of rotatable bonds is 5. The molecule has 0 bridgehead atoms. The summed E-state index contributed by atoms with van der Waals surface area (Å²) in [7, 11) is 0. The number of carbonyl (C=O) groups is 1. The van der Waals surface area contributed by atoms with Crippen molar-refractivity contribution < 1.29 is 15.0 Å². The molecule has 0 spiro atoms. The number of fused-ring (bicyclic) bond motifs is 1. The van der Waals surface area contributed by atoms with Crippen LogP contribution in [-0.2, 0) is 5.60 Å². The second kappa shape index (κ2) is 6.64. The number of aliphatic hydroxyl groups is 2. The molecule has 0 unspecified atom stereocenters. The molecule has 0 radical (unpaired) electrons. The number of aromatic nitrogens is 2. The highest BCUT2D eigenvalue weighted by Gasteiger charge is 2.26. The maximum absolute atomic E-state index is 12.5.